The first-order valence-electron chi connectivity index (χ1n) is 7.27. The standard InChI is InChI=1S/C15H23N3O6/c1-15(2,3)9-24-14(21)18-12-7-10(17-13(19)20)11(8-16-12)23-6-5-22-4/h7-8H,5-6,9H2,1-4H3,(H,19,20)(H2,16,17,18,21). The number of ether oxygens (including phenoxy) is 3. The van der Waals surface area contributed by atoms with E-state index in [1.807, 2.05) is 20.8 Å². The summed E-state index contributed by atoms with van der Waals surface area (Å²) in [6, 6.07) is 1.34. The lowest BCUT2D eigenvalue weighted by atomic mass is 9.99. The molecule has 2 amide bonds. The topological polar surface area (TPSA) is 119 Å². The number of amides is 2. The minimum atomic E-state index is -1.26. The Hall–Kier alpha value is -2.55. The van der Waals surface area contributed by atoms with E-state index in [1.165, 1.54) is 19.4 Å². The van der Waals surface area contributed by atoms with Gasteiger partial charge in [-0.15, -0.1) is 0 Å². The van der Waals surface area contributed by atoms with E-state index in [2.05, 4.69) is 15.6 Å². The Morgan fingerprint density at radius 1 is 1.25 bits per heavy atom. The van der Waals surface area contributed by atoms with E-state index in [0.29, 0.717) is 6.61 Å². The van der Waals surface area contributed by atoms with Crippen molar-refractivity contribution in [2.24, 2.45) is 5.41 Å². The molecular formula is C15H23N3O6. The van der Waals surface area contributed by atoms with E-state index in [1.54, 1.807) is 0 Å². The number of anilines is 2. The van der Waals surface area contributed by atoms with Gasteiger partial charge in [-0.3, -0.25) is 10.6 Å². The van der Waals surface area contributed by atoms with Gasteiger partial charge < -0.3 is 19.3 Å². The lowest BCUT2D eigenvalue weighted by Gasteiger charge is -2.18. The lowest BCUT2D eigenvalue weighted by molar-refractivity contribution is 0.118. The van der Waals surface area contributed by atoms with Gasteiger partial charge in [-0.25, -0.2) is 14.6 Å². The van der Waals surface area contributed by atoms with Crippen LogP contribution in [0.25, 0.3) is 0 Å². The summed E-state index contributed by atoms with van der Waals surface area (Å²) in [6.07, 6.45) is -0.633. The van der Waals surface area contributed by atoms with Crippen molar-refractivity contribution in [2.75, 3.05) is 37.6 Å². The quantitative estimate of drug-likeness (QED) is 0.652. The van der Waals surface area contributed by atoms with Crippen molar-refractivity contribution < 1.29 is 28.9 Å². The van der Waals surface area contributed by atoms with Gasteiger partial charge in [0.2, 0.25) is 0 Å². The zero-order valence-electron chi connectivity index (χ0n) is 14.2. The largest absolute Gasteiger partial charge is 0.487 e. The van der Waals surface area contributed by atoms with Gasteiger partial charge in [0, 0.05) is 13.2 Å². The Bertz CT molecular complexity index is 571. The van der Waals surface area contributed by atoms with Crippen LogP contribution in [-0.4, -0.2) is 49.2 Å². The molecule has 0 unspecified atom stereocenters. The van der Waals surface area contributed by atoms with Crippen LogP contribution < -0.4 is 15.4 Å². The van der Waals surface area contributed by atoms with Crippen molar-refractivity contribution >= 4 is 23.7 Å². The zero-order valence-corrected chi connectivity index (χ0v) is 14.2. The van der Waals surface area contributed by atoms with Crippen LogP contribution in [0.1, 0.15) is 20.8 Å². The molecule has 0 fully saturated rings. The molecule has 1 aromatic rings. The average molecular weight is 341 g/mol. The third kappa shape index (κ3) is 7.63. The summed E-state index contributed by atoms with van der Waals surface area (Å²) in [7, 11) is 1.52. The van der Waals surface area contributed by atoms with Crippen molar-refractivity contribution in [1.82, 2.24) is 4.98 Å². The molecular weight excluding hydrogens is 318 g/mol. The fourth-order valence-electron chi connectivity index (χ4n) is 1.50. The van der Waals surface area contributed by atoms with E-state index >= 15 is 0 Å². The van der Waals surface area contributed by atoms with Crippen LogP contribution in [0.4, 0.5) is 21.1 Å². The van der Waals surface area contributed by atoms with Gasteiger partial charge in [0.25, 0.3) is 0 Å². The maximum Gasteiger partial charge on any atom is 0.412 e. The van der Waals surface area contributed by atoms with E-state index < -0.39 is 12.2 Å². The summed E-state index contributed by atoms with van der Waals surface area (Å²) in [5.74, 6) is 0.361. The number of carbonyl (C=O) groups excluding carboxylic acids is 1. The fraction of sp³-hybridized carbons (Fsp3) is 0.533. The Balaban J connectivity index is 2.77. The van der Waals surface area contributed by atoms with Gasteiger partial charge in [0.05, 0.1) is 25.1 Å². The van der Waals surface area contributed by atoms with Crippen LogP contribution in [-0.2, 0) is 9.47 Å². The van der Waals surface area contributed by atoms with Crippen LogP contribution >= 0.6 is 0 Å². The molecule has 9 heteroatoms. The van der Waals surface area contributed by atoms with Gasteiger partial charge in [-0.05, 0) is 5.41 Å². The van der Waals surface area contributed by atoms with Crippen LogP contribution in [0.2, 0.25) is 0 Å². The molecule has 9 nitrogen and oxygen atoms in total. The monoisotopic (exact) mass is 341 g/mol. The van der Waals surface area contributed by atoms with E-state index in [-0.39, 0.29) is 35.9 Å². The van der Waals surface area contributed by atoms with Gasteiger partial charge in [0.15, 0.2) is 5.75 Å². The van der Waals surface area contributed by atoms with Crippen LogP contribution in [0, 0.1) is 5.41 Å². The molecule has 0 saturated carbocycles. The molecule has 1 aromatic heterocycles. The number of carboxylic acid groups (broad SMARTS) is 1. The summed E-state index contributed by atoms with van der Waals surface area (Å²) in [5.41, 5.74) is -0.0143. The van der Waals surface area contributed by atoms with Gasteiger partial charge in [0.1, 0.15) is 12.4 Å². The molecule has 0 bridgehead atoms. The number of aromatic nitrogens is 1. The van der Waals surface area contributed by atoms with E-state index in [9.17, 15) is 9.59 Å². The second kappa shape index (κ2) is 8.92. The Labute approximate surface area is 140 Å². The lowest BCUT2D eigenvalue weighted by Crippen LogP contribution is -2.22. The first-order chi connectivity index (χ1) is 11.2. The van der Waals surface area contributed by atoms with Gasteiger partial charge in [-0.1, -0.05) is 20.8 Å². The number of pyridine rings is 1. The van der Waals surface area contributed by atoms with Crippen LogP contribution in [0.3, 0.4) is 0 Å². The number of nitrogens with zero attached hydrogens (tertiary/aromatic N) is 1. The van der Waals surface area contributed by atoms with Gasteiger partial charge in [-0.2, -0.15) is 0 Å². The predicted octanol–water partition coefficient (Wildman–Crippen LogP) is 2.79. The average Bonchev–Trinajstić information content (AvgIpc) is 2.46. The summed E-state index contributed by atoms with van der Waals surface area (Å²) < 4.78 is 15.3. The molecule has 0 atom stereocenters. The second-order valence-corrected chi connectivity index (χ2v) is 6.10. The molecule has 0 saturated heterocycles. The molecule has 1 rings (SSSR count). The fourth-order valence-corrected chi connectivity index (χ4v) is 1.50. The van der Waals surface area contributed by atoms with Crippen molar-refractivity contribution in [3.8, 4) is 5.75 Å². The third-order valence-electron chi connectivity index (χ3n) is 2.52. The first-order valence-corrected chi connectivity index (χ1v) is 7.27. The molecule has 0 radical (unpaired) electrons. The molecule has 1 heterocycles. The van der Waals surface area contributed by atoms with Gasteiger partial charge >= 0.3 is 12.2 Å². The highest BCUT2D eigenvalue weighted by Gasteiger charge is 2.15. The number of rotatable bonds is 7. The maximum atomic E-state index is 11.7. The molecule has 0 aliphatic heterocycles. The molecule has 3 N–H and O–H groups in total. The normalized spacial score (nSPS) is 10.8. The maximum absolute atomic E-state index is 11.7. The number of nitrogens with one attached hydrogen (secondary N) is 2. The number of hydrogen-bond acceptors (Lipinski definition) is 6. The molecule has 24 heavy (non-hydrogen) atoms. The van der Waals surface area contributed by atoms with Crippen LogP contribution in [0.15, 0.2) is 12.3 Å². The minimum absolute atomic E-state index is 0.136. The second-order valence-electron chi connectivity index (χ2n) is 6.10. The van der Waals surface area contributed by atoms with E-state index in [4.69, 9.17) is 19.3 Å². The van der Waals surface area contributed by atoms with Crippen molar-refractivity contribution in [1.29, 1.82) is 0 Å². The molecule has 0 spiro atoms. The molecule has 0 aliphatic rings. The number of carbonyl (C=O) groups is 2. The summed E-state index contributed by atoms with van der Waals surface area (Å²) in [4.78, 5) is 26.6. The van der Waals surface area contributed by atoms with E-state index in [0.717, 1.165) is 0 Å². The number of hydrogen-bond donors (Lipinski definition) is 3. The Morgan fingerprint density at radius 3 is 2.54 bits per heavy atom. The molecule has 134 valence electrons. The highest BCUT2D eigenvalue weighted by Crippen LogP contribution is 2.26. The smallest absolute Gasteiger partial charge is 0.412 e. The minimum Gasteiger partial charge on any atom is -0.487 e. The van der Waals surface area contributed by atoms with Crippen molar-refractivity contribution in [3.05, 3.63) is 12.3 Å². The Morgan fingerprint density at radius 2 is 1.96 bits per heavy atom. The SMILES string of the molecule is COCCOc1cnc(NC(=O)OCC(C)(C)C)cc1NC(=O)O. The first kappa shape index (κ1) is 19.5. The highest BCUT2D eigenvalue weighted by molar-refractivity contribution is 5.88. The zero-order chi connectivity index (χ0) is 18.2. The summed E-state index contributed by atoms with van der Waals surface area (Å²) in [6.45, 7) is 6.59. The van der Waals surface area contributed by atoms with Crippen molar-refractivity contribution in [2.45, 2.75) is 20.8 Å². The summed E-state index contributed by atoms with van der Waals surface area (Å²) >= 11 is 0. The molecule has 0 aromatic carbocycles. The Kier molecular flexibility index (Phi) is 7.25. The third-order valence-corrected chi connectivity index (χ3v) is 2.52. The van der Waals surface area contributed by atoms with Crippen LogP contribution in [0.5, 0.6) is 5.75 Å². The summed E-state index contributed by atoms with van der Waals surface area (Å²) in [5, 5.41) is 13.5. The highest BCUT2D eigenvalue weighted by atomic mass is 16.5. The molecule has 0 aliphatic carbocycles. The number of methoxy groups -OCH3 is 1. The van der Waals surface area contributed by atoms with Crippen molar-refractivity contribution in [3.63, 3.8) is 0 Å². The predicted molar refractivity (Wildman–Crippen MR) is 87.7 cm³/mol.